The van der Waals surface area contributed by atoms with Crippen molar-refractivity contribution < 1.29 is 18.4 Å². The van der Waals surface area contributed by atoms with E-state index in [9.17, 15) is 23.6 Å². The number of hydrogen-bond acceptors (Lipinski definition) is 4. The van der Waals surface area contributed by atoms with Gasteiger partial charge in [0.1, 0.15) is 23.2 Å². The standard InChI is InChI=1S/C19H15F2N3O2/c20-13-9-15(21)19(23-11-13)14(10-22)17(25)7-8-24-16-4-2-1-3-12(16)5-6-18(24)26/h1-4,9,11,14H,5-8H2. The Labute approximate surface area is 148 Å². The van der Waals surface area contributed by atoms with Crippen molar-refractivity contribution in [2.75, 3.05) is 11.4 Å². The van der Waals surface area contributed by atoms with Crippen molar-refractivity contribution in [1.29, 1.82) is 5.26 Å². The maximum absolute atomic E-state index is 13.8. The van der Waals surface area contributed by atoms with Gasteiger partial charge in [0.25, 0.3) is 0 Å². The lowest BCUT2D eigenvalue weighted by atomic mass is 9.96. The van der Waals surface area contributed by atoms with E-state index in [0.717, 1.165) is 17.4 Å². The molecule has 0 fully saturated rings. The van der Waals surface area contributed by atoms with E-state index in [-0.39, 0.29) is 18.9 Å². The molecule has 0 saturated carbocycles. The third kappa shape index (κ3) is 3.45. The molecule has 7 heteroatoms. The molecule has 0 N–H and O–H groups in total. The average Bonchev–Trinajstić information content (AvgIpc) is 2.63. The van der Waals surface area contributed by atoms with Crippen LogP contribution in [0.5, 0.6) is 0 Å². The Hall–Kier alpha value is -3.14. The molecular formula is C19H15F2N3O2. The van der Waals surface area contributed by atoms with E-state index in [1.54, 1.807) is 12.1 Å². The van der Waals surface area contributed by atoms with Gasteiger partial charge >= 0.3 is 0 Å². The Kier molecular flexibility index (Phi) is 5.03. The summed E-state index contributed by atoms with van der Waals surface area (Å²) in [7, 11) is 0. The van der Waals surface area contributed by atoms with Crippen molar-refractivity contribution >= 4 is 17.4 Å². The molecule has 1 amide bonds. The van der Waals surface area contributed by atoms with E-state index < -0.39 is 29.0 Å². The van der Waals surface area contributed by atoms with E-state index in [1.165, 1.54) is 4.90 Å². The summed E-state index contributed by atoms with van der Waals surface area (Å²) in [6.07, 6.45) is 1.63. The fraction of sp³-hybridized carbons (Fsp3) is 0.263. The van der Waals surface area contributed by atoms with E-state index in [0.29, 0.717) is 18.9 Å². The number of nitriles is 1. The quantitative estimate of drug-likeness (QED) is 0.827. The number of amides is 1. The van der Waals surface area contributed by atoms with Gasteiger partial charge in [-0.05, 0) is 18.1 Å². The number of aromatic nitrogens is 1. The first-order chi connectivity index (χ1) is 12.5. The lowest BCUT2D eigenvalue weighted by Crippen LogP contribution is -2.37. The minimum atomic E-state index is -1.44. The molecule has 132 valence electrons. The number of anilines is 1. The minimum absolute atomic E-state index is 0.0929. The molecule has 1 atom stereocenters. The summed E-state index contributed by atoms with van der Waals surface area (Å²) in [5.74, 6) is -4.03. The van der Waals surface area contributed by atoms with Crippen LogP contribution in [0.1, 0.15) is 30.0 Å². The van der Waals surface area contributed by atoms with Gasteiger partial charge in [-0.25, -0.2) is 8.78 Å². The highest BCUT2D eigenvalue weighted by Gasteiger charge is 2.28. The lowest BCUT2D eigenvalue weighted by molar-refractivity contribution is -0.120. The van der Waals surface area contributed by atoms with Crippen LogP contribution >= 0.6 is 0 Å². The number of ketones is 1. The number of aryl methyl sites for hydroxylation is 1. The fourth-order valence-corrected chi connectivity index (χ4v) is 3.03. The maximum Gasteiger partial charge on any atom is 0.227 e. The van der Waals surface area contributed by atoms with Gasteiger partial charge in [0.15, 0.2) is 5.78 Å². The second kappa shape index (κ2) is 7.40. The third-order valence-electron chi connectivity index (χ3n) is 4.33. The Balaban J connectivity index is 1.76. The van der Waals surface area contributed by atoms with Gasteiger partial charge in [0.05, 0.1) is 12.3 Å². The highest BCUT2D eigenvalue weighted by Crippen LogP contribution is 2.28. The van der Waals surface area contributed by atoms with Crippen molar-refractivity contribution in [3.8, 4) is 6.07 Å². The van der Waals surface area contributed by atoms with Crippen molar-refractivity contribution in [3.05, 3.63) is 59.4 Å². The fourth-order valence-electron chi connectivity index (χ4n) is 3.03. The van der Waals surface area contributed by atoms with E-state index in [4.69, 9.17) is 0 Å². The lowest BCUT2D eigenvalue weighted by Gasteiger charge is -2.29. The number of halogens is 2. The number of rotatable bonds is 5. The Morgan fingerprint density at radius 2 is 2.08 bits per heavy atom. The first-order valence-corrected chi connectivity index (χ1v) is 8.13. The number of Topliss-reactive ketones (excluding diaryl/α,β-unsaturated/α-hetero) is 1. The summed E-state index contributed by atoms with van der Waals surface area (Å²) in [5.41, 5.74) is 1.36. The number of fused-ring (bicyclic) bond motifs is 1. The molecule has 1 aromatic carbocycles. The van der Waals surface area contributed by atoms with Crippen LogP contribution in [0.4, 0.5) is 14.5 Å². The summed E-state index contributed by atoms with van der Waals surface area (Å²) in [4.78, 5) is 29.7. The van der Waals surface area contributed by atoms with Gasteiger partial charge in [-0.1, -0.05) is 18.2 Å². The summed E-state index contributed by atoms with van der Waals surface area (Å²) < 4.78 is 26.8. The number of carbonyl (C=O) groups excluding carboxylic acids is 2. The van der Waals surface area contributed by atoms with Gasteiger partial charge in [0, 0.05) is 31.1 Å². The van der Waals surface area contributed by atoms with Gasteiger partial charge in [-0.15, -0.1) is 0 Å². The molecule has 1 unspecified atom stereocenters. The molecule has 0 saturated heterocycles. The smallest absolute Gasteiger partial charge is 0.227 e. The molecule has 0 spiro atoms. The molecule has 1 aliphatic heterocycles. The molecule has 3 rings (SSSR count). The molecule has 0 aliphatic carbocycles. The van der Waals surface area contributed by atoms with Crippen LogP contribution in [-0.2, 0) is 16.0 Å². The van der Waals surface area contributed by atoms with Crippen molar-refractivity contribution in [3.63, 3.8) is 0 Å². The summed E-state index contributed by atoms with van der Waals surface area (Å²) >= 11 is 0. The molecule has 0 bridgehead atoms. The predicted molar refractivity (Wildman–Crippen MR) is 89.2 cm³/mol. The zero-order valence-corrected chi connectivity index (χ0v) is 13.8. The van der Waals surface area contributed by atoms with Gasteiger partial charge in [-0.3, -0.25) is 14.6 Å². The largest absolute Gasteiger partial charge is 0.312 e. The summed E-state index contributed by atoms with van der Waals surface area (Å²) in [5, 5.41) is 9.24. The predicted octanol–water partition coefficient (Wildman–Crippen LogP) is 2.91. The topological polar surface area (TPSA) is 74.1 Å². The first-order valence-electron chi connectivity index (χ1n) is 8.13. The highest BCUT2D eigenvalue weighted by atomic mass is 19.1. The molecule has 5 nitrogen and oxygen atoms in total. The van der Waals surface area contributed by atoms with Crippen LogP contribution in [-0.4, -0.2) is 23.2 Å². The van der Waals surface area contributed by atoms with E-state index >= 15 is 0 Å². The second-order valence-corrected chi connectivity index (χ2v) is 5.97. The van der Waals surface area contributed by atoms with Crippen molar-refractivity contribution in [2.45, 2.75) is 25.2 Å². The molecule has 2 heterocycles. The van der Waals surface area contributed by atoms with Gasteiger partial charge in [0.2, 0.25) is 5.91 Å². The second-order valence-electron chi connectivity index (χ2n) is 5.97. The van der Waals surface area contributed by atoms with Gasteiger partial charge in [-0.2, -0.15) is 5.26 Å². The Morgan fingerprint density at radius 3 is 2.81 bits per heavy atom. The number of nitrogens with zero attached hydrogens (tertiary/aromatic N) is 3. The summed E-state index contributed by atoms with van der Waals surface area (Å²) in [6.45, 7) is 0.0929. The SMILES string of the molecule is N#CC(C(=O)CCN1C(=O)CCc2ccccc21)c1ncc(F)cc1F. The molecule has 1 aromatic heterocycles. The number of pyridine rings is 1. The molecule has 2 aromatic rings. The molecule has 26 heavy (non-hydrogen) atoms. The van der Waals surface area contributed by atoms with Crippen LogP contribution in [0.25, 0.3) is 0 Å². The monoisotopic (exact) mass is 355 g/mol. The van der Waals surface area contributed by atoms with Crippen LogP contribution in [0.3, 0.4) is 0 Å². The molecular weight excluding hydrogens is 340 g/mol. The van der Waals surface area contributed by atoms with Crippen LogP contribution in [0.15, 0.2) is 36.5 Å². The summed E-state index contributed by atoms with van der Waals surface area (Å²) in [6, 6.07) is 9.72. The third-order valence-corrected chi connectivity index (χ3v) is 4.33. The Morgan fingerprint density at radius 1 is 1.31 bits per heavy atom. The zero-order valence-electron chi connectivity index (χ0n) is 13.8. The van der Waals surface area contributed by atoms with Gasteiger partial charge < -0.3 is 4.90 Å². The van der Waals surface area contributed by atoms with Crippen molar-refractivity contribution in [2.24, 2.45) is 0 Å². The Bertz CT molecular complexity index is 908. The molecule has 1 aliphatic rings. The first kappa shape index (κ1) is 17.7. The van der Waals surface area contributed by atoms with Crippen LogP contribution in [0.2, 0.25) is 0 Å². The maximum atomic E-state index is 13.8. The molecule has 0 radical (unpaired) electrons. The zero-order chi connectivity index (χ0) is 18.7. The number of para-hydroxylation sites is 1. The number of benzene rings is 1. The van der Waals surface area contributed by atoms with E-state index in [2.05, 4.69) is 4.98 Å². The van der Waals surface area contributed by atoms with Crippen molar-refractivity contribution in [1.82, 2.24) is 4.98 Å². The normalized spacial score (nSPS) is 14.5. The van der Waals surface area contributed by atoms with E-state index in [1.807, 2.05) is 18.2 Å². The number of hydrogen-bond donors (Lipinski definition) is 0. The highest BCUT2D eigenvalue weighted by molar-refractivity contribution is 5.97. The number of carbonyl (C=O) groups is 2. The minimum Gasteiger partial charge on any atom is -0.312 e. The average molecular weight is 355 g/mol. The van der Waals surface area contributed by atoms with Crippen LogP contribution < -0.4 is 4.90 Å². The van der Waals surface area contributed by atoms with Crippen LogP contribution in [0, 0.1) is 23.0 Å².